The lowest BCUT2D eigenvalue weighted by Crippen LogP contribution is -2.37. The van der Waals surface area contributed by atoms with Crippen LogP contribution in [0.4, 0.5) is 5.69 Å². The summed E-state index contributed by atoms with van der Waals surface area (Å²) in [4.78, 5) is 23.3. The zero-order valence-corrected chi connectivity index (χ0v) is 13.3. The molecule has 0 heterocycles. The fraction of sp³-hybridized carbons (Fsp3) is 0.467. The van der Waals surface area contributed by atoms with Crippen molar-refractivity contribution in [3.63, 3.8) is 0 Å². The molecule has 1 aromatic carbocycles. The van der Waals surface area contributed by atoms with Crippen LogP contribution in [0.2, 0.25) is 0 Å². The summed E-state index contributed by atoms with van der Waals surface area (Å²) in [7, 11) is 0. The van der Waals surface area contributed by atoms with Crippen LogP contribution in [0.1, 0.15) is 32.3 Å². The summed E-state index contributed by atoms with van der Waals surface area (Å²) in [6.07, 6.45) is 2.00. The van der Waals surface area contributed by atoms with Gasteiger partial charge in [0.05, 0.1) is 4.32 Å². The van der Waals surface area contributed by atoms with E-state index < -0.39 is 4.32 Å². The van der Waals surface area contributed by atoms with E-state index in [1.165, 1.54) is 0 Å². The van der Waals surface area contributed by atoms with Gasteiger partial charge < -0.3 is 10.6 Å². The maximum atomic E-state index is 11.7. The van der Waals surface area contributed by atoms with Crippen LogP contribution in [0.25, 0.3) is 0 Å². The third-order valence-corrected chi connectivity index (χ3v) is 3.52. The van der Waals surface area contributed by atoms with E-state index in [-0.39, 0.29) is 17.7 Å². The molecular weight excluding hydrogens is 320 g/mol. The number of halogens is 1. The molecule has 0 radical (unpaired) electrons. The average molecular weight is 339 g/mol. The maximum Gasteiger partial charge on any atom is 0.236 e. The molecule has 1 fully saturated rings. The molecule has 0 aromatic heterocycles. The predicted molar refractivity (Wildman–Crippen MR) is 82.6 cm³/mol. The van der Waals surface area contributed by atoms with Crippen molar-refractivity contribution < 1.29 is 9.59 Å². The van der Waals surface area contributed by atoms with Gasteiger partial charge >= 0.3 is 0 Å². The van der Waals surface area contributed by atoms with Gasteiger partial charge in [-0.05, 0) is 44.4 Å². The predicted octanol–water partition coefficient (Wildman–Crippen LogP) is 2.82. The molecule has 2 N–H and O–H groups in total. The standard InChI is InChI=1S/C15H19BrN2O2/c1-15(2,16)14(20)17-9-10-3-7-12(8-4-10)18-13(19)11-5-6-11/h3-4,7-8,11H,5-6,9H2,1-2H3,(H,17,20)(H,18,19). The first-order chi connectivity index (χ1) is 9.36. The van der Waals surface area contributed by atoms with E-state index >= 15 is 0 Å². The molecule has 1 aromatic rings. The Bertz CT molecular complexity index is 502. The summed E-state index contributed by atoms with van der Waals surface area (Å²) in [5.74, 6) is 0.255. The summed E-state index contributed by atoms with van der Waals surface area (Å²) < 4.78 is -0.564. The average Bonchev–Trinajstić information content (AvgIpc) is 3.20. The minimum Gasteiger partial charge on any atom is -0.351 e. The monoisotopic (exact) mass is 338 g/mol. The number of carbonyl (C=O) groups excluding carboxylic acids is 2. The van der Waals surface area contributed by atoms with E-state index in [4.69, 9.17) is 0 Å². The lowest BCUT2D eigenvalue weighted by Gasteiger charge is -2.15. The highest BCUT2D eigenvalue weighted by Gasteiger charge is 2.29. The highest BCUT2D eigenvalue weighted by Crippen LogP contribution is 2.30. The fourth-order valence-corrected chi connectivity index (χ4v) is 1.83. The lowest BCUT2D eigenvalue weighted by atomic mass is 10.1. The summed E-state index contributed by atoms with van der Waals surface area (Å²) >= 11 is 3.32. The Labute approximate surface area is 127 Å². The van der Waals surface area contributed by atoms with Gasteiger partial charge in [-0.2, -0.15) is 0 Å². The number of anilines is 1. The Hall–Kier alpha value is -1.36. The van der Waals surface area contributed by atoms with E-state index in [2.05, 4.69) is 26.6 Å². The summed E-state index contributed by atoms with van der Waals surface area (Å²) in [6.45, 7) is 4.09. The first kappa shape index (κ1) is 15.0. The van der Waals surface area contributed by atoms with Crippen LogP contribution < -0.4 is 10.6 Å². The molecule has 1 aliphatic rings. The van der Waals surface area contributed by atoms with Crippen molar-refractivity contribution in [2.45, 2.75) is 37.6 Å². The molecule has 0 unspecified atom stereocenters. The number of alkyl halides is 1. The number of benzene rings is 1. The third kappa shape index (κ3) is 4.34. The van der Waals surface area contributed by atoms with Crippen LogP contribution in [0.3, 0.4) is 0 Å². The topological polar surface area (TPSA) is 58.2 Å². The van der Waals surface area contributed by atoms with Crippen molar-refractivity contribution in [2.75, 3.05) is 5.32 Å². The molecule has 20 heavy (non-hydrogen) atoms. The second kappa shape index (κ2) is 5.95. The second-order valence-electron chi connectivity index (χ2n) is 5.62. The van der Waals surface area contributed by atoms with E-state index in [0.717, 1.165) is 24.1 Å². The second-order valence-corrected chi connectivity index (χ2v) is 7.60. The largest absolute Gasteiger partial charge is 0.351 e. The summed E-state index contributed by atoms with van der Waals surface area (Å²) in [5, 5.41) is 5.74. The molecule has 5 heteroatoms. The Morgan fingerprint density at radius 2 is 1.85 bits per heavy atom. The highest BCUT2D eigenvalue weighted by molar-refractivity contribution is 9.10. The molecule has 1 saturated carbocycles. The van der Waals surface area contributed by atoms with Crippen LogP contribution in [0, 0.1) is 5.92 Å². The number of hydrogen-bond donors (Lipinski definition) is 2. The highest BCUT2D eigenvalue weighted by atomic mass is 79.9. The van der Waals surface area contributed by atoms with Crippen molar-refractivity contribution in [1.82, 2.24) is 5.32 Å². The first-order valence-corrected chi connectivity index (χ1v) is 7.52. The van der Waals surface area contributed by atoms with Gasteiger partial charge in [0.15, 0.2) is 0 Å². The summed E-state index contributed by atoms with van der Waals surface area (Å²) in [6, 6.07) is 7.54. The van der Waals surface area contributed by atoms with Gasteiger partial charge in [-0.1, -0.05) is 28.1 Å². The quantitative estimate of drug-likeness (QED) is 0.811. The molecule has 4 nitrogen and oxygen atoms in total. The number of carbonyl (C=O) groups is 2. The van der Waals surface area contributed by atoms with Crippen LogP contribution in [0.5, 0.6) is 0 Å². The van der Waals surface area contributed by atoms with Crippen LogP contribution >= 0.6 is 15.9 Å². The zero-order chi connectivity index (χ0) is 14.8. The molecule has 2 amide bonds. The van der Waals surface area contributed by atoms with E-state index in [9.17, 15) is 9.59 Å². The van der Waals surface area contributed by atoms with Crippen molar-refractivity contribution in [1.29, 1.82) is 0 Å². The van der Waals surface area contributed by atoms with E-state index in [1.54, 1.807) is 13.8 Å². The van der Waals surface area contributed by atoms with Crippen molar-refractivity contribution >= 4 is 33.4 Å². The Kier molecular flexibility index (Phi) is 4.48. The molecule has 108 valence electrons. The first-order valence-electron chi connectivity index (χ1n) is 6.73. The smallest absolute Gasteiger partial charge is 0.236 e. The van der Waals surface area contributed by atoms with Crippen LogP contribution in [-0.2, 0) is 16.1 Å². The van der Waals surface area contributed by atoms with E-state index in [1.807, 2.05) is 24.3 Å². The third-order valence-electron chi connectivity index (χ3n) is 3.16. The molecule has 0 bridgehead atoms. The molecule has 0 atom stereocenters. The lowest BCUT2D eigenvalue weighted by molar-refractivity contribution is -0.122. The normalized spacial score (nSPS) is 14.8. The van der Waals surface area contributed by atoms with Gasteiger partial charge in [-0.25, -0.2) is 0 Å². The molecule has 2 rings (SSSR count). The van der Waals surface area contributed by atoms with Crippen LogP contribution in [0.15, 0.2) is 24.3 Å². The number of amides is 2. The van der Waals surface area contributed by atoms with Gasteiger partial charge in [0.2, 0.25) is 11.8 Å². The van der Waals surface area contributed by atoms with Crippen molar-refractivity contribution in [3.05, 3.63) is 29.8 Å². The van der Waals surface area contributed by atoms with Gasteiger partial charge in [0.25, 0.3) is 0 Å². The van der Waals surface area contributed by atoms with E-state index in [0.29, 0.717) is 6.54 Å². The Morgan fingerprint density at radius 3 is 2.35 bits per heavy atom. The molecule has 0 saturated heterocycles. The van der Waals surface area contributed by atoms with Crippen molar-refractivity contribution in [2.24, 2.45) is 5.92 Å². The Balaban J connectivity index is 1.85. The maximum absolute atomic E-state index is 11.7. The molecule has 0 aliphatic heterocycles. The summed E-state index contributed by atoms with van der Waals surface area (Å²) in [5.41, 5.74) is 1.80. The van der Waals surface area contributed by atoms with Crippen LogP contribution in [-0.4, -0.2) is 16.1 Å². The molecule has 1 aliphatic carbocycles. The minimum atomic E-state index is -0.564. The number of rotatable bonds is 5. The van der Waals surface area contributed by atoms with Gasteiger partial charge in [-0.3, -0.25) is 9.59 Å². The van der Waals surface area contributed by atoms with Gasteiger partial charge in [0.1, 0.15) is 0 Å². The Morgan fingerprint density at radius 1 is 1.25 bits per heavy atom. The molecular formula is C15H19BrN2O2. The van der Waals surface area contributed by atoms with Crippen molar-refractivity contribution in [3.8, 4) is 0 Å². The fourth-order valence-electron chi connectivity index (χ4n) is 1.69. The zero-order valence-electron chi connectivity index (χ0n) is 11.7. The van der Waals surface area contributed by atoms with Gasteiger partial charge in [-0.15, -0.1) is 0 Å². The number of hydrogen-bond acceptors (Lipinski definition) is 2. The van der Waals surface area contributed by atoms with Gasteiger partial charge in [0, 0.05) is 18.2 Å². The SMILES string of the molecule is CC(C)(Br)C(=O)NCc1ccc(NC(=O)C2CC2)cc1. The molecule has 0 spiro atoms. The minimum absolute atomic E-state index is 0.0522. The number of nitrogens with one attached hydrogen (secondary N) is 2.